The minimum Gasteiger partial charge on any atom is -0.383 e. The van der Waals surface area contributed by atoms with Crippen molar-refractivity contribution in [2.24, 2.45) is 0 Å². The van der Waals surface area contributed by atoms with Gasteiger partial charge in [0.1, 0.15) is 0 Å². The summed E-state index contributed by atoms with van der Waals surface area (Å²) >= 11 is 1.48. The molecule has 1 rings (SSSR count). The summed E-state index contributed by atoms with van der Waals surface area (Å²) in [5.41, 5.74) is 0.926. The van der Waals surface area contributed by atoms with Gasteiger partial charge >= 0.3 is 0 Å². The Hall–Kier alpha value is -0.940. The van der Waals surface area contributed by atoms with Crippen LogP contribution in [0.15, 0.2) is 0 Å². The standard InChI is InChI=1S/C13H22N2O2S/c1-5-7-11-12(8-16)18-13(14-11)15(6-2)10(3)9-17-4/h8,10H,5-7,9H2,1-4H3. The number of nitrogens with zero attached hydrogens (tertiary/aromatic N) is 2. The van der Waals surface area contributed by atoms with Crippen LogP contribution in [0.1, 0.15) is 42.6 Å². The Morgan fingerprint density at radius 1 is 1.50 bits per heavy atom. The third-order valence-corrected chi connectivity index (χ3v) is 3.90. The maximum Gasteiger partial charge on any atom is 0.186 e. The van der Waals surface area contributed by atoms with E-state index in [4.69, 9.17) is 4.74 Å². The van der Waals surface area contributed by atoms with Crippen molar-refractivity contribution in [2.75, 3.05) is 25.2 Å². The van der Waals surface area contributed by atoms with Gasteiger partial charge in [-0.3, -0.25) is 4.79 Å². The number of carbonyl (C=O) groups excluding carboxylic acids is 1. The zero-order valence-electron chi connectivity index (χ0n) is 11.6. The zero-order chi connectivity index (χ0) is 13.5. The number of carbonyl (C=O) groups is 1. The molecule has 1 aromatic rings. The van der Waals surface area contributed by atoms with E-state index in [9.17, 15) is 4.79 Å². The van der Waals surface area contributed by atoms with E-state index in [-0.39, 0.29) is 6.04 Å². The summed E-state index contributed by atoms with van der Waals surface area (Å²) in [6.45, 7) is 7.82. The van der Waals surface area contributed by atoms with Crippen LogP contribution >= 0.6 is 11.3 Å². The molecule has 0 saturated carbocycles. The van der Waals surface area contributed by atoms with Crippen molar-refractivity contribution >= 4 is 22.8 Å². The van der Waals surface area contributed by atoms with E-state index in [1.165, 1.54) is 11.3 Å². The van der Waals surface area contributed by atoms with Gasteiger partial charge in [-0.25, -0.2) is 4.98 Å². The number of hydrogen-bond acceptors (Lipinski definition) is 5. The van der Waals surface area contributed by atoms with Crippen LogP contribution in [0.3, 0.4) is 0 Å². The molecule has 102 valence electrons. The van der Waals surface area contributed by atoms with Gasteiger partial charge in [-0.1, -0.05) is 24.7 Å². The van der Waals surface area contributed by atoms with Crippen LogP contribution in [-0.4, -0.2) is 37.6 Å². The van der Waals surface area contributed by atoms with E-state index in [1.807, 2.05) is 0 Å². The summed E-state index contributed by atoms with van der Waals surface area (Å²) < 4.78 is 5.18. The smallest absolute Gasteiger partial charge is 0.186 e. The number of anilines is 1. The highest BCUT2D eigenvalue weighted by Gasteiger charge is 2.18. The van der Waals surface area contributed by atoms with Gasteiger partial charge in [0.15, 0.2) is 11.4 Å². The number of aldehydes is 1. The van der Waals surface area contributed by atoms with Crippen molar-refractivity contribution in [1.29, 1.82) is 0 Å². The molecule has 0 aliphatic carbocycles. The monoisotopic (exact) mass is 270 g/mol. The first-order valence-electron chi connectivity index (χ1n) is 6.38. The van der Waals surface area contributed by atoms with Gasteiger partial charge in [0.05, 0.1) is 23.2 Å². The van der Waals surface area contributed by atoms with E-state index < -0.39 is 0 Å². The van der Waals surface area contributed by atoms with E-state index in [0.717, 1.165) is 41.4 Å². The van der Waals surface area contributed by atoms with Crippen LogP contribution in [-0.2, 0) is 11.2 Å². The Balaban J connectivity index is 2.95. The van der Waals surface area contributed by atoms with Crippen molar-refractivity contribution in [2.45, 2.75) is 39.7 Å². The van der Waals surface area contributed by atoms with Crippen LogP contribution in [0.4, 0.5) is 5.13 Å². The molecule has 0 radical (unpaired) electrons. The average Bonchev–Trinajstić information content (AvgIpc) is 2.74. The number of hydrogen-bond donors (Lipinski definition) is 0. The summed E-state index contributed by atoms with van der Waals surface area (Å²) in [4.78, 5) is 18.6. The van der Waals surface area contributed by atoms with E-state index in [1.54, 1.807) is 7.11 Å². The second kappa shape index (κ2) is 7.48. The number of rotatable bonds is 8. The lowest BCUT2D eigenvalue weighted by molar-refractivity contribution is 0.112. The highest BCUT2D eigenvalue weighted by atomic mass is 32.1. The molecule has 0 aliphatic heterocycles. The molecule has 1 aromatic heterocycles. The first-order valence-corrected chi connectivity index (χ1v) is 7.19. The maximum atomic E-state index is 11.0. The third-order valence-electron chi connectivity index (χ3n) is 2.84. The molecule has 5 heteroatoms. The molecule has 0 fully saturated rings. The fourth-order valence-electron chi connectivity index (χ4n) is 1.95. The first kappa shape index (κ1) is 15.1. The number of likely N-dealkylation sites (N-methyl/N-ethyl adjacent to an activating group) is 1. The lowest BCUT2D eigenvalue weighted by atomic mass is 10.2. The first-order chi connectivity index (χ1) is 8.67. The number of aryl methyl sites for hydroxylation is 1. The Labute approximate surface area is 113 Å². The van der Waals surface area contributed by atoms with Gasteiger partial charge in [-0.05, 0) is 20.3 Å². The number of thiazole rings is 1. The molecule has 0 amide bonds. The van der Waals surface area contributed by atoms with Gasteiger partial charge in [0, 0.05) is 13.7 Å². The van der Waals surface area contributed by atoms with Crippen molar-refractivity contribution in [3.05, 3.63) is 10.6 Å². The fraction of sp³-hybridized carbons (Fsp3) is 0.692. The Morgan fingerprint density at radius 3 is 2.72 bits per heavy atom. The second-order valence-electron chi connectivity index (χ2n) is 4.27. The molecule has 0 aromatic carbocycles. The topological polar surface area (TPSA) is 42.4 Å². The lowest BCUT2D eigenvalue weighted by Crippen LogP contribution is -2.36. The molecule has 0 saturated heterocycles. The molecule has 0 spiro atoms. The molecule has 18 heavy (non-hydrogen) atoms. The Kier molecular flexibility index (Phi) is 6.29. The largest absolute Gasteiger partial charge is 0.383 e. The highest BCUT2D eigenvalue weighted by Crippen LogP contribution is 2.27. The minimum absolute atomic E-state index is 0.264. The van der Waals surface area contributed by atoms with Crippen LogP contribution in [0.25, 0.3) is 0 Å². The molecule has 4 nitrogen and oxygen atoms in total. The highest BCUT2D eigenvalue weighted by molar-refractivity contribution is 7.17. The quantitative estimate of drug-likeness (QED) is 0.681. The van der Waals surface area contributed by atoms with Gasteiger partial charge in [0.25, 0.3) is 0 Å². The molecule has 0 bridgehead atoms. The van der Waals surface area contributed by atoms with Gasteiger partial charge in [0.2, 0.25) is 0 Å². The van der Waals surface area contributed by atoms with E-state index in [0.29, 0.717) is 6.61 Å². The average molecular weight is 270 g/mol. The molecule has 1 heterocycles. The van der Waals surface area contributed by atoms with E-state index in [2.05, 4.69) is 30.7 Å². The molecule has 1 atom stereocenters. The predicted octanol–water partition coefficient (Wildman–Crippen LogP) is 2.77. The van der Waals surface area contributed by atoms with Crippen LogP contribution in [0.5, 0.6) is 0 Å². The Bertz CT molecular complexity index is 379. The van der Waals surface area contributed by atoms with Gasteiger partial charge in [-0.15, -0.1) is 0 Å². The van der Waals surface area contributed by atoms with Crippen molar-refractivity contribution in [3.63, 3.8) is 0 Å². The number of methoxy groups -OCH3 is 1. The third kappa shape index (κ3) is 3.53. The predicted molar refractivity (Wildman–Crippen MR) is 75.9 cm³/mol. The molecule has 0 aliphatic rings. The van der Waals surface area contributed by atoms with Crippen LogP contribution in [0.2, 0.25) is 0 Å². The molecular formula is C13H22N2O2S. The number of ether oxygens (including phenoxy) is 1. The summed E-state index contributed by atoms with van der Waals surface area (Å²) in [6, 6.07) is 0.264. The van der Waals surface area contributed by atoms with Crippen molar-refractivity contribution in [1.82, 2.24) is 4.98 Å². The number of aromatic nitrogens is 1. The summed E-state index contributed by atoms with van der Waals surface area (Å²) in [5, 5.41) is 0.924. The Morgan fingerprint density at radius 2 is 2.22 bits per heavy atom. The normalized spacial score (nSPS) is 12.4. The SMILES string of the molecule is CCCc1nc(N(CC)C(C)COC)sc1C=O. The van der Waals surface area contributed by atoms with Gasteiger partial charge in [-0.2, -0.15) is 0 Å². The molecule has 0 N–H and O–H groups in total. The van der Waals surface area contributed by atoms with E-state index >= 15 is 0 Å². The summed E-state index contributed by atoms with van der Waals surface area (Å²) in [7, 11) is 1.70. The van der Waals surface area contributed by atoms with Crippen LogP contribution in [0, 0.1) is 0 Å². The van der Waals surface area contributed by atoms with Crippen LogP contribution < -0.4 is 4.90 Å². The lowest BCUT2D eigenvalue weighted by Gasteiger charge is -2.26. The zero-order valence-corrected chi connectivity index (χ0v) is 12.4. The van der Waals surface area contributed by atoms with Crippen molar-refractivity contribution in [3.8, 4) is 0 Å². The van der Waals surface area contributed by atoms with Gasteiger partial charge < -0.3 is 9.64 Å². The minimum atomic E-state index is 0.264. The van der Waals surface area contributed by atoms with Crippen molar-refractivity contribution < 1.29 is 9.53 Å². The maximum absolute atomic E-state index is 11.0. The molecular weight excluding hydrogens is 248 g/mol. The summed E-state index contributed by atoms with van der Waals surface area (Å²) in [5.74, 6) is 0. The second-order valence-corrected chi connectivity index (χ2v) is 5.27. The molecule has 1 unspecified atom stereocenters. The fourth-order valence-corrected chi connectivity index (χ4v) is 3.04. The summed E-state index contributed by atoms with van der Waals surface area (Å²) in [6.07, 6.45) is 2.78.